The van der Waals surface area contributed by atoms with E-state index in [9.17, 15) is 8.42 Å². The molecule has 0 amide bonds. The van der Waals surface area contributed by atoms with E-state index in [1.165, 1.54) is 0 Å². The minimum absolute atomic E-state index is 0.353. The molecule has 1 N–H and O–H groups in total. The Kier molecular flexibility index (Phi) is 4.20. The third kappa shape index (κ3) is 3.22. The van der Waals surface area contributed by atoms with Crippen LogP contribution in [0.15, 0.2) is 45.8 Å². The van der Waals surface area contributed by atoms with Gasteiger partial charge in [0.25, 0.3) is 10.0 Å². The molecule has 0 unspecified atom stereocenters. The molecule has 0 saturated heterocycles. The van der Waals surface area contributed by atoms with Crippen LogP contribution in [0.25, 0.3) is 0 Å². The van der Waals surface area contributed by atoms with Crippen LogP contribution in [-0.4, -0.2) is 8.42 Å². The summed E-state index contributed by atoms with van der Waals surface area (Å²) in [7, 11) is -3.57. The van der Waals surface area contributed by atoms with Crippen LogP contribution in [-0.2, 0) is 10.0 Å². The van der Waals surface area contributed by atoms with Gasteiger partial charge in [0.2, 0.25) is 0 Å². The second-order valence-corrected chi connectivity index (χ2v) is 7.38. The predicted molar refractivity (Wildman–Crippen MR) is 85.6 cm³/mol. The molecule has 0 fully saturated rings. The Morgan fingerprint density at radius 1 is 0.950 bits per heavy atom. The van der Waals surface area contributed by atoms with Crippen molar-refractivity contribution in [2.45, 2.75) is 25.7 Å². The quantitative estimate of drug-likeness (QED) is 0.899. The fourth-order valence-electron chi connectivity index (χ4n) is 2.31. The molecule has 0 spiro atoms. The van der Waals surface area contributed by atoms with Gasteiger partial charge in [-0.1, -0.05) is 33.6 Å². The highest BCUT2D eigenvalue weighted by atomic mass is 79.9. The Labute approximate surface area is 128 Å². The Balaban J connectivity index is 2.43. The Morgan fingerprint density at radius 3 is 1.95 bits per heavy atom. The third-order valence-electron chi connectivity index (χ3n) is 2.97. The van der Waals surface area contributed by atoms with E-state index in [2.05, 4.69) is 20.7 Å². The minimum atomic E-state index is -3.57. The van der Waals surface area contributed by atoms with Gasteiger partial charge in [-0.25, -0.2) is 8.42 Å². The van der Waals surface area contributed by atoms with Gasteiger partial charge in [-0.05, 0) is 56.2 Å². The number of aryl methyl sites for hydroxylation is 3. The summed E-state index contributed by atoms with van der Waals surface area (Å²) in [6.07, 6.45) is 0. The summed E-state index contributed by atoms with van der Waals surface area (Å²) < 4.78 is 28.6. The lowest BCUT2D eigenvalue weighted by atomic mass is 10.1. The zero-order valence-corrected chi connectivity index (χ0v) is 14.0. The summed E-state index contributed by atoms with van der Waals surface area (Å²) in [5.74, 6) is 0. The molecule has 2 aromatic carbocycles. The molecule has 5 heteroatoms. The van der Waals surface area contributed by atoms with Gasteiger partial charge in [0.1, 0.15) is 0 Å². The molecule has 0 aliphatic carbocycles. The SMILES string of the molecule is Cc1cc(C)c(S(=O)(=O)Nc2ccc(Br)cc2)c(C)c1. The second kappa shape index (κ2) is 5.58. The first kappa shape index (κ1) is 15.1. The lowest BCUT2D eigenvalue weighted by Crippen LogP contribution is -2.15. The fourth-order valence-corrected chi connectivity index (χ4v) is 4.09. The van der Waals surface area contributed by atoms with E-state index in [0.717, 1.165) is 21.2 Å². The number of sulfonamides is 1. The fraction of sp³-hybridized carbons (Fsp3) is 0.200. The summed E-state index contributed by atoms with van der Waals surface area (Å²) in [6, 6.07) is 10.8. The van der Waals surface area contributed by atoms with Gasteiger partial charge in [-0.15, -0.1) is 0 Å². The van der Waals surface area contributed by atoms with Crippen molar-refractivity contribution in [3.63, 3.8) is 0 Å². The molecule has 106 valence electrons. The van der Waals surface area contributed by atoms with E-state index in [0.29, 0.717) is 10.6 Å². The molecule has 0 saturated carbocycles. The molecule has 0 aliphatic heterocycles. The lowest BCUT2D eigenvalue weighted by Gasteiger charge is -2.14. The predicted octanol–water partition coefficient (Wildman–Crippen LogP) is 4.18. The number of anilines is 1. The van der Waals surface area contributed by atoms with Crippen molar-refractivity contribution in [3.8, 4) is 0 Å². The van der Waals surface area contributed by atoms with Crippen molar-refractivity contribution >= 4 is 31.6 Å². The van der Waals surface area contributed by atoms with Gasteiger partial charge < -0.3 is 0 Å². The molecule has 0 aromatic heterocycles. The highest BCUT2D eigenvalue weighted by molar-refractivity contribution is 9.10. The number of halogens is 1. The monoisotopic (exact) mass is 353 g/mol. The van der Waals surface area contributed by atoms with Gasteiger partial charge in [-0.3, -0.25) is 4.72 Å². The first-order valence-electron chi connectivity index (χ1n) is 6.16. The summed E-state index contributed by atoms with van der Waals surface area (Å²) in [6.45, 7) is 5.59. The molecule has 20 heavy (non-hydrogen) atoms. The first-order chi connectivity index (χ1) is 9.29. The van der Waals surface area contributed by atoms with Crippen LogP contribution < -0.4 is 4.72 Å². The first-order valence-corrected chi connectivity index (χ1v) is 8.43. The maximum Gasteiger partial charge on any atom is 0.262 e. The number of benzene rings is 2. The van der Waals surface area contributed by atoms with Gasteiger partial charge in [0.15, 0.2) is 0 Å². The summed E-state index contributed by atoms with van der Waals surface area (Å²) in [4.78, 5) is 0.353. The molecule has 2 aromatic rings. The summed E-state index contributed by atoms with van der Waals surface area (Å²) >= 11 is 3.32. The van der Waals surface area contributed by atoms with Crippen LogP contribution >= 0.6 is 15.9 Å². The average molecular weight is 354 g/mol. The van der Waals surface area contributed by atoms with Crippen molar-refractivity contribution in [1.29, 1.82) is 0 Å². The van der Waals surface area contributed by atoms with Gasteiger partial charge >= 0.3 is 0 Å². The zero-order valence-electron chi connectivity index (χ0n) is 11.6. The van der Waals surface area contributed by atoms with Crippen LogP contribution in [0.2, 0.25) is 0 Å². The molecular formula is C15H16BrNO2S. The number of hydrogen-bond acceptors (Lipinski definition) is 2. The smallest absolute Gasteiger partial charge is 0.262 e. The molecule has 0 radical (unpaired) electrons. The van der Waals surface area contributed by atoms with E-state index >= 15 is 0 Å². The maximum atomic E-state index is 12.5. The third-order valence-corrected chi connectivity index (χ3v) is 5.18. The molecular weight excluding hydrogens is 338 g/mol. The lowest BCUT2D eigenvalue weighted by molar-refractivity contribution is 0.600. The Hall–Kier alpha value is -1.33. The van der Waals surface area contributed by atoms with E-state index in [-0.39, 0.29) is 0 Å². The Bertz CT molecular complexity index is 714. The molecule has 0 heterocycles. The van der Waals surface area contributed by atoms with E-state index < -0.39 is 10.0 Å². The highest BCUT2D eigenvalue weighted by Gasteiger charge is 2.19. The average Bonchev–Trinajstić information content (AvgIpc) is 2.30. The minimum Gasteiger partial charge on any atom is -0.280 e. The topological polar surface area (TPSA) is 46.2 Å². The van der Waals surface area contributed by atoms with Crippen LogP contribution in [0.5, 0.6) is 0 Å². The molecule has 0 bridgehead atoms. The van der Waals surface area contributed by atoms with Crippen molar-refractivity contribution in [2.75, 3.05) is 4.72 Å². The van der Waals surface area contributed by atoms with Crippen LogP contribution in [0, 0.1) is 20.8 Å². The van der Waals surface area contributed by atoms with Crippen molar-refractivity contribution in [1.82, 2.24) is 0 Å². The zero-order chi connectivity index (χ0) is 14.9. The summed E-state index contributed by atoms with van der Waals surface area (Å²) in [5, 5.41) is 0. The van der Waals surface area contributed by atoms with Crippen LogP contribution in [0.3, 0.4) is 0 Å². The van der Waals surface area contributed by atoms with Crippen LogP contribution in [0.4, 0.5) is 5.69 Å². The summed E-state index contributed by atoms with van der Waals surface area (Å²) in [5.41, 5.74) is 3.12. The van der Waals surface area contributed by atoms with Crippen molar-refractivity contribution in [2.24, 2.45) is 0 Å². The Morgan fingerprint density at radius 2 is 1.45 bits per heavy atom. The van der Waals surface area contributed by atoms with Crippen molar-refractivity contribution in [3.05, 3.63) is 57.6 Å². The molecule has 2 rings (SSSR count). The maximum absolute atomic E-state index is 12.5. The van der Waals surface area contributed by atoms with E-state index in [1.54, 1.807) is 24.3 Å². The van der Waals surface area contributed by atoms with E-state index in [4.69, 9.17) is 0 Å². The van der Waals surface area contributed by atoms with E-state index in [1.807, 2.05) is 32.9 Å². The highest BCUT2D eigenvalue weighted by Crippen LogP contribution is 2.24. The van der Waals surface area contributed by atoms with Crippen LogP contribution in [0.1, 0.15) is 16.7 Å². The normalized spacial score (nSPS) is 11.4. The van der Waals surface area contributed by atoms with Gasteiger partial charge in [-0.2, -0.15) is 0 Å². The van der Waals surface area contributed by atoms with Crippen molar-refractivity contribution < 1.29 is 8.42 Å². The number of rotatable bonds is 3. The standard InChI is InChI=1S/C15H16BrNO2S/c1-10-8-11(2)15(12(3)9-10)20(18,19)17-14-6-4-13(16)5-7-14/h4-9,17H,1-3H3. The van der Waals surface area contributed by atoms with Gasteiger partial charge in [0.05, 0.1) is 4.90 Å². The molecule has 0 atom stereocenters. The molecule has 0 aliphatic rings. The largest absolute Gasteiger partial charge is 0.280 e. The van der Waals surface area contributed by atoms with Gasteiger partial charge in [0, 0.05) is 10.2 Å². The number of nitrogens with one attached hydrogen (secondary N) is 1. The second-order valence-electron chi connectivity index (χ2n) is 4.84. The molecule has 3 nitrogen and oxygen atoms in total. The number of hydrogen-bond donors (Lipinski definition) is 1.